The quantitative estimate of drug-likeness (QED) is 0.676. The lowest BCUT2D eigenvalue weighted by Gasteiger charge is -2.27. The molecule has 0 aromatic carbocycles. The Hall–Kier alpha value is -1.89. The number of aromatic nitrogens is 1. The summed E-state index contributed by atoms with van der Waals surface area (Å²) in [6.07, 6.45) is 4.34. The van der Waals surface area contributed by atoms with Gasteiger partial charge in [-0.05, 0) is 39.3 Å². The molecule has 7 heteroatoms. The average molecular weight is 294 g/mol. The summed E-state index contributed by atoms with van der Waals surface area (Å²) < 4.78 is 1.64. The Balaban J connectivity index is 2.19. The highest BCUT2D eigenvalue weighted by Crippen LogP contribution is 2.20. The molecule has 0 spiro atoms. The van der Waals surface area contributed by atoms with Gasteiger partial charge in [-0.1, -0.05) is 0 Å². The standard InChI is InChI=1S/C14H22N4O3/c1-3-17-10-12(18(20)21)9-13(17)14(19)16(2)11-5-4-7-15-8-6-11/h9-11,15H,3-8H2,1-2H3. The molecular formula is C14H22N4O3. The van der Waals surface area contributed by atoms with E-state index in [9.17, 15) is 14.9 Å². The van der Waals surface area contributed by atoms with Crippen molar-refractivity contribution in [1.82, 2.24) is 14.8 Å². The van der Waals surface area contributed by atoms with Gasteiger partial charge in [0.15, 0.2) is 0 Å². The molecule has 1 N–H and O–H groups in total. The van der Waals surface area contributed by atoms with Crippen molar-refractivity contribution < 1.29 is 9.72 Å². The van der Waals surface area contributed by atoms with Gasteiger partial charge in [0.2, 0.25) is 0 Å². The van der Waals surface area contributed by atoms with E-state index < -0.39 is 4.92 Å². The van der Waals surface area contributed by atoms with E-state index in [4.69, 9.17) is 0 Å². The first-order valence-corrected chi connectivity index (χ1v) is 7.37. The summed E-state index contributed by atoms with van der Waals surface area (Å²) in [4.78, 5) is 24.8. The third-order valence-electron chi connectivity index (χ3n) is 4.07. The molecule has 0 aliphatic carbocycles. The predicted octanol–water partition coefficient (Wildman–Crippen LogP) is 1.63. The number of rotatable bonds is 4. The fourth-order valence-electron chi connectivity index (χ4n) is 2.77. The number of nitrogens with zero attached hydrogens (tertiary/aromatic N) is 3. The second kappa shape index (κ2) is 6.71. The molecule has 2 heterocycles. The summed E-state index contributed by atoms with van der Waals surface area (Å²) in [5.41, 5.74) is 0.361. The maximum atomic E-state index is 12.6. The van der Waals surface area contributed by atoms with E-state index in [1.54, 1.807) is 16.5 Å². The second-order valence-electron chi connectivity index (χ2n) is 5.38. The molecule has 1 unspecified atom stereocenters. The van der Waals surface area contributed by atoms with Crippen LogP contribution >= 0.6 is 0 Å². The molecule has 0 radical (unpaired) electrons. The monoisotopic (exact) mass is 294 g/mol. The molecule has 1 aliphatic heterocycles. The van der Waals surface area contributed by atoms with E-state index in [0.717, 1.165) is 32.4 Å². The number of carbonyl (C=O) groups excluding carboxylic acids is 1. The highest BCUT2D eigenvalue weighted by Gasteiger charge is 2.26. The van der Waals surface area contributed by atoms with Crippen LogP contribution in [0.25, 0.3) is 0 Å². The van der Waals surface area contributed by atoms with Crippen molar-refractivity contribution in [2.45, 2.75) is 38.8 Å². The van der Waals surface area contributed by atoms with E-state index in [0.29, 0.717) is 12.2 Å². The van der Waals surface area contributed by atoms with Crippen LogP contribution in [0.15, 0.2) is 12.3 Å². The number of carbonyl (C=O) groups is 1. The van der Waals surface area contributed by atoms with Crippen LogP contribution in [0.4, 0.5) is 5.69 Å². The van der Waals surface area contributed by atoms with Gasteiger partial charge in [0.25, 0.3) is 11.6 Å². The van der Waals surface area contributed by atoms with Crippen molar-refractivity contribution in [3.8, 4) is 0 Å². The van der Waals surface area contributed by atoms with Gasteiger partial charge in [0.1, 0.15) is 5.69 Å². The van der Waals surface area contributed by atoms with Crippen LogP contribution in [-0.2, 0) is 6.54 Å². The zero-order chi connectivity index (χ0) is 15.4. The summed E-state index contributed by atoms with van der Waals surface area (Å²) in [7, 11) is 1.79. The fourth-order valence-corrected chi connectivity index (χ4v) is 2.77. The summed E-state index contributed by atoms with van der Waals surface area (Å²) in [6.45, 7) is 4.29. The van der Waals surface area contributed by atoms with Crippen molar-refractivity contribution in [3.05, 3.63) is 28.1 Å². The lowest BCUT2D eigenvalue weighted by Crippen LogP contribution is -2.38. The first-order valence-electron chi connectivity index (χ1n) is 7.37. The van der Waals surface area contributed by atoms with Gasteiger partial charge in [-0.25, -0.2) is 0 Å². The van der Waals surface area contributed by atoms with Gasteiger partial charge >= 0.3 is 0 Å². The normalized spacial score (nSPS) is 19.0. The molecule has 21 heavy (non-hydrogen) atoms. The van der Waals surface area contributed by atoms with Gasteiger partial charge in [0.05, 0.1) is 11.1 Å². The first kappa shape index (κ1) is 15.5. The van der Waals surface area contributed by atoms with E-state index in [-0.39, 0.29) is 17.6 Å². The molecule has 2 rings (SSSR count). The number of hydrogen-bond donors (Lipinski definition) is 1. The van der Waals surface area contributed by atoms with E-state index >= 15 is 0 Å². The van der Waals surface area contributed by atoms with Crippen LogP contribution < -0.4 is 5.32 Å². The Kier molecular flexibility index (Phi) is 4.95. The Bertz CT molecular complexity index is 518. The van der Waals surface area contributed by atoms with Gasteiger partial charge in [-0.3, -0.25) is 14.9 Å². The zero-order valence-corrected chi connectivity index (χ0v) is 12.5. The third kappa shape index (κ3) is 3.41. The maximum absolute atomic E-state index is 12.6. The SMILES string of the molecule is CCn1cc([N+](=O)[O-])cc1C(=O)N(C)C1CCCNCC1. The van der Waals surface area contributed by atoms with E-state index in [2.05, 4.69) is 5.32 Å². The Labute approximate surface area is 124 Å². The maximum Gasteiger partial charge on any atom is 0.287 e. The molecule has 116 valence electrons. The molecule has 1 aromatic heterocycles. The molecule has 1 aliphatic rings. The van der Waals surface area contributed by atoms with Crippen LogP contribution in [0.1, 0.15) is 36.7 Å². The minimum absolute atomic E-state index is 0.0314. The number of nitrogens with one attached hydrogen (secondary N) is 1. The summed E-state index contributed by atoms with van der Waals surface area (Å²) >= 11 is 0. The van der Waals surface area contributed by atoms with Crippen molar-refractivity contribution in [1.29, 1.82) is 0 Å². The molecule has 1 aromatic rings. The minimum Gasteiger partial charge on any atom is -0.337 e. The Morgan fingerprint density at radius 3 is 2.95 bits per heavy atom. The smallest absolute Gasteiger partial charge is 0.287 e. The Morgan fingerprint density at radius 1 is 1.52 bits per heavy atom. The van der Waals surface area contributed by atoms with Crippen LogP contribution in [0.2, 0.25) is 0 Å². The highest BCUT2D eigenvalue weighted by atomic mass is 16.6. The molecule has 1 amide bonds. The van der Waals surface area contributed by atoms with Gasteiger partial charge in [-0.2, -0.15) is 0 Å². The number of amides is 1. The van der Waals surface area contributed by atoms with Gasteiger partial charge in [-0.15, -0.1) is 0 Å². The third-order valence-corrected chi connectivity index (χ3v) is 4.07. The predicted molar refractivity (Wildman–Crippen MR) is 79.4 cm³/mol. The van der Waals surface area contributed by atoms with Crippen LogP contribution in [0.3, 0.4) is 0 Å². The van der Waals surface area contributed by atoms with Gasteiger partial charge < -0.3 is 14.8 Å². The molecule has 0 saturated carbocycles. The van der Waals surface area contributed by atoms with E-state index in [1.807, 2.05) is 6.92 Å². The van der Waals surface area contributed by atoms with Crippen molar-refractivity contribution in [2.24, 2.45) is 0 Å². The molecule has 1 saturated heterocycles. The van der Waals surface area contributed by atoms with Crippen molar-refractivity contribution >= 4 is 11.6 Å². The van der Waals surface area contributed by atoms with Crippen LogP contribution in [-0.4, -0.2) is 46.5 Å². The van der Waals surface area contributed by atoms with Crippen molar-refractivity contribution in [2.75, 3.05) is 20.1 Å². The van der Waals surface area contributed by atoms with Gasteiger partial charge in [0, 0.05) is 25.7 Å². The molecule has 0 bridgehead atoms. The molecule has 1 atom stereocenters. The lowest BCUT2D eigenvalue weighted by atomic mass is 10.1. The first-order chi connectivity index (χ1) is 10.0. The zero-order valence-electron chi connectivity index (χ0n) is 12.5. The number of nitro groups is 1. The molecule has 7 nitrogen and oxygen atoms in total. The van der Waals surface area contributed by atoms with Crippen LogP contribution in [0, 0.1) is 10.1 Å². The highest BCUT2D eigenvalue weighted by molar-refractivity contribution is 5.93. The minimum atomic E-state index is -0.460. The average Bonchev–Trinajstić information content (AvgIpc) is 2.73. The number of aryl methyl sites for hydroxylation is 1. The van der Waals surface area contributed by atoms with Crippen molar-refractivity contribution in [3.63, 3.8) is 0 Å². The largest absolute Gasteiger partial charge is 0.337 e. The fraction of sp³-hybridized carbons (Fsp3) is 0.643. The summed E-state index contributed by atoms with van der Waals surface area (Å²) in [5, 5.41) is 14.2. The Morgan fingerprint density at radius 2 is 2.29 bits per heavy atom. The summed E-state index contributed by atoms with van der Waals surface area (Å²) in [6, 6.07) is 1.56. The lowest BCUT2D eigenvalue weighted by molar-refractivity contribution is -0.384. The van der Waals surface area contributed by atoms with E-state index in [1.165, 1.54) is 12.3 Å². The molecule has 1 fully saturated rings. The topological polar surface area (TPSA) is 80.4 Å². The molecular weight excluding hydrogens is 272 g/mol. The van der Waals surface area contributed by atoms with Crippen LogP contribution in [0.5, 0.6) is 0 Å². The number of hydrogen-bond acceptors (Lipinski definition) is 4. The summed E-state index contributed by atoms with van der Waals surface area (Å²) in [5.74, 6) is -0.142. The second-order valence-corrected chi connectivity index (χ2v) is 5.38.